The van der Waals surface area contributed by atoms with Crippen LogP contribution in [0.15, 0.2) is 29.4 Å². The molecule has 0 radical (unpaired) electrons. The first-order valence-corrected chi connectivity index (χ1v) is 7.90. The van der Waals surface area contributed by atoms with Crippen LogP contribution in [0.25, 0.3) is 10.9 Å². The van der Waals surface area contributed by atoms with Crippen LogP contribution < -0.4 is 0 Å². The van der Waals surface area contributed by atoms with Crippen molar-refractivity contribution in [2.45, 2.75) is 24.8 Å². The average molecular weight is 355 g/mol. The Hall–Kier alpha value is -2.36. The van der Waals surface area contributed by atoms with Crippen LogP contribution in [0.3, 0.4) is 0 Å². The van der Waals surface area contributed by atoms with Gasteiger partial charge in [0.1, 0.15) is 6.54 Å². The number of thioether (sulfide) groups is 1. The number of halogens is 3. The van der Waals surface area contributed by atoms with E-state index >= 15 is 0 Å². The Balaban J connectivity index is 1.77. The molecule has 0 spiro atoms. The lowest BCUT2D eigenvalue weighted by atomic mass is 10.1. The maximum absolute atomic E-state index is 12.5. The summed E-state index contributed by atoms with van der Waals surface area (Å²) < 4.78 is 38.0. The van der Waals surface area contributed by atoms with Gasteiger partial charge in [-0.15, -0.1) is 5.10 Å². The van der Waals surface area contributed by atoms with Gasteiger partial charge >= 0.3 is 6.18 Å². The number of nitrogens with zero attached hydrogens (tertiary/aromatic N) is 4. The van der Waals surface area contributed by atoms with Crippen LogP contribution in [0.1, 0.15) is 16.1 Å². The number of ketones is 1. The van der Waals surface area contributed by atoms with Crippen molar-refractivity contribution in [3.8, 4) is 0 Å². The minimum absolute atomic E-state index is 0.0434. The Morgan fingerprint density at radius 1 is 1.33 bits per heavy atom. The highest BCUT2D eigenvalue weighted by Crippen LogP contribution is 2.26. The predicted octanol–water partition coefficient (Wildman–Crippen LogP) is 3.00. The molecule has 1 aromatic carbocycles. The molecule has 0 saturated carbocycles. The largest absolute Gasteiger partial charge is 0.408 e. The van der Waals surface area contributed by atoms with E-state index < -0.39 is 12.7 Å². The standard InChI is InChI=1S/C14H12F3N5OS/c1-8-12(9-4-2-3-5-10(9)18-8)11(23)6-24-13-19-20-21-22(13)7-14(15,16)17/h2-5,18H,6-7H2,1H3. The van der Waals surface area contributed by atoms with E-state index in [9.17, 15) is 18.0 Å². The first-order valence-electron chi connectivity index (χ1n) is 6.91. The van der Waals surface area contributed by atoms with Gasteiger partial charge in [0.05, 0.1) is 5.75 Å². The molecule has 0 aliphatic carbocycles. The summed E-state index contributed by atoms with van der Waals surface area (Å²) in [6.45, 7) is 0.494. The number of hydrogen-bond donors (Lipinski definition) is 1. The molecule has 0 atom stereocenters. The van der Waals surface area contributed by atoms with Gasteiger partial charge in [-0.25, -0.2) is 4.68 Å². The monoisotopic (exact) mass is 355 g/mol. The number of tetrazole rings is 1. The van der Waals surface area contributed by atoms with Crippen molar-refractivity contribution in [3.05, 3.63) is 35.5 Å². The molecule has 126 valence electrons. The smallest absolute Gasteiger partial charge is 0.358 e. The molecule has 0 unspecified atom stereocenters. The first-order chi connectivity index (χ1) is 11.3. The third kappa shape index (κ3) is 3.42. The number of para-hydroxylation sites is 1. The van der Waals surface area contributed by atoms with Gasteiger partial charge in [-0.2, -0.15) is 13.2 Å². The van der Waals surface area contributed by atoms with Crippen LogP contribution in [0.2, 0.25) is 0 Å². The summed E-state index contributed by atoms with van der Waals surface area (Å²) >= 11 is 0.881. The fourth-order valence-corrected chi connectivity index (χ4v) is 3.16. The van der Waals surface area contributed by atoms with Gasteiger partial charge in [0.15, 0.2) is 5.78 Å². The van der Waals surface area contributed by atoms with Gasteiger partial charge in [-0.3, -0.25) is 4.79 Å². The van der Waals surface area contributed by atoms with Crippen molar-refractivity contribution in [1.82, 2.24) is 25.2 Å². The quantitative estimate of drug-likeness (QED) is 0.562. The molecule has 0 aliphatic rings. The number of fused-ring (bicyclic) bond motifs is 1. The van der Waals surface area contributed by atoms with E-state index in [4.69, 9.17) is 0 Å². The van der Waals surface area contributed by atoms with Crippen molar-refractivity contribution in [2.75, 3.05) is 5.75 Å². The zero-order valence-corrected chi connectivity index (χ0v) is 13.3. The number of nitrogens with one attached hydrogen (secondary N) is 1. The fraction of sp³-hybridized carbons (Fsp3) is 0.286. The Morgan fingerprint density at radius 2 is 2.08 bits per heavy atom. The Labute approximate surface area is 138 Å². The molecule has 0 aliphatic heterocycles. The second-order valence-electron chi connectivity index (χ2n) is 5.12. The van der Waals surface area contributed by atoms with Crippen LogP contribution in [0, 0.1) is 6.92 Å². The predicted molar refractivity (Wildman–Crippen MR) is 82.0 cm³/mol. The number of carbonyl (C=O) groups excluding carboxylic acids is 1. The maximum Gasteiger partial charge on any atom is 0.408 e. The molecule has 24 heavy (non-hydrogen) atoms. The molecule has 0 fully saturated rings. The minimum atomic E-state index is -4.43. The molecule has 2 heterocycles. The summed E-state index contributed by atoms with van der Waals surface area (Å²) in [4.78, 5) is 15.6. The molecule has 3 aromatic rings. The van der Waals surface area contributed by atoms with Crippen LogP contribution in [0.5, 0.6) is 0 Å². The zero-order valence-electron chi connectivity index (χ0n) is 12.5. The van der Waals surface area contributed by atoms with Crippen LogP contribution in [-0.4, -0.2) is 42.9 Å². The second-order valence-corrected chi connectivity index (χ2v) is 6.06. The molecule has 2 aromatic heterocycles. The zero-order chi connectivity index (χ0) is 17.3. The fourth-order valence-electron chi connectivity index (χ4n) is 2.41. The van der Waals surface area contributed by atoms with E-state index in [0.717, 1.165) is 28.4 Å². The summed E-state index contributed by atoms with van der Waals surface area (Å²) in [5.74, 6) is -0.252. The van der Waals surface area contributed by atoms with Gasteiger partial charge in [-0.05, 0) is 23.4 Å². The highest BCUT2D eigenvalue weighted by atomic mass is 32.2. The lowest BCUT2D eigenvalue weighted by Crippen LogP contribution is -2.19. The van der Waals surface area contributed by atoms with Crippen molar-refractivity contribution in [1.29, 1.82) is 0 Å². The number of carbonyl (C=O) groups is 1. The highest BCUT2D eigenvalue weighted by Gasteiger charge is 2.30. The lowest BCUT2D eigenvalue weighted by Gasteiger charge is -2.07. The van der Waals surface area contributed by atoms with E-state index in [0.29, 0.717) is 10.2 Å². The molecule has 6 nitrogen and oxygen atoms in total. The van der Waals surface area contributed by atoms with Gasteiger partial charge < -0.3 is 4.98 Å². The molecule has 10 heteroatoms. The number of benzene rings is 1. The maximum atomic E-state index is 12.5. The third-order valence-electron chi connectivity index (χ3n) is 3.33. The van der Waals surface area contributed by atoms with Gasteiger partial charge in [-0.1, -0.05) is 30.0 Å². The Kier molecular flexibility index (Phi) is 4.31. The lowest BCUT2D eigenvalue weighted by molar-refractivity contribution is -0.144. The summed E-state index contributed by atoms with van der Waals surface area (Å²) in [7, 11) is 0. The normalized spacial score (nSPS) is 12.0. The molecule has 1 N–H and O–H groups in total. The van der Waals surface area contributed by atoms with Gasteiger partial charge in [0.2, 0.25) is 5.16 Å². The van der Waals surface area contributed by atoms with Crippen molar-refractivity contribution in [3.63, 3.8) is 0 Å². The summed E-state index contributed by atoms with van der Waals surface area (Å²) in [6.07, 6.45) is -4.43. The number of aromatic amines is 1. The minimum Gasteiger partial charge on any atom is -0.358 e. The number of aryl methyl sites for hydroxylation is 1. The van der Waals surface area contributed by atoms with Crippen LogP contribution >= 0.6 is 11.8 Å². The van der Waals surface area contributed by atoms with Gasteiger partial charge in [0, 0.05) is 22.2 Å². The Bertz CT molecular complexity index is 886. The summed E-state index contributed by atoms with van der Waals surface area (Å²) in [6, 6.07) is 7.36. The number of alkyl halides is 3. The topological polar surface area (TPSA) is 76.5 Å². The van der Waals surface area contributed by atoms with E-state index in [2.05, 4.69) is 20.5 Å². The molecule has 0 saturated heterocycles. The summed E-state index contributed by atoms with van der Waals surface area (Å²) in [5.41, 5.74) is 2.09. The molecule has 0 amide bonds. The molecular formula is C14H12F3N5OS. The van der Waals surface area contributed by atoms with Crippen molar-refractivity contribution < 1.29 is 18.0 Å². The second kappa shape index (κ2) is 6.27. The number of aromatic nitrogens is 5. The number of hydrogen-bond acceptors (Lipinski definition) is 5. The van der Waals surface area contributed by atoms with Crippen LogP contribution in [-0.2, 0) is 6.54 Å². The van der Waals surface area contributed by atoms with E-state index in [1.54, 1.807) is 6.92 Å². The number of rotatable bonds is 5. The molecular weight excluding hydrogens is 343 g/mol. The molecule has 3 rings (SSSR count). The number of H-pyrrole nitrogens is 1. The van der Waals surface area contributed by atoms with Crippen LogP contribution in [0.4, 0.5) is 13.2 Å². The average Bonchev–Trinajstić information content (AvgIpc) is 3.06. The number of Topliss-reactive ketones (excluding diaryl/α,β-unsaturated/α-hetero) is 1. The highest BCUT2D eigenvalue weighted by molar-refractivity contribution is 7.99. The SMILES string of the molecule is Cc1[nH]c2ccccc2c1C(=O)CSc1nnnn1CC(F)(F)F. The Morgan fingerprint density at radius 3 is 2.83 bits per heavy atom. The van der Waals surface area contributed by atoms with Crippen molar-refractivity contribution in [2.24, 2.45) is 0 Å². The van der Waals surface area contributed by atoms with E-state index in [1.165, 1.54) is 0 Å². The first kappa shape index (κ1) is 16.5. The summed E-state index contributed by atoms with van der Waals surface area (Å²) in [5, 5.41) is 10.8. The van der Waals surface area contributed by atoms with Crippen molar-refractivity contribution >= 4 is 28.4 Å². The van der Waals surface area contributed by atoms with Gasteiger partial charge in [0.25, 0.3) is 0 Å². The molecule has 0 bridgehead atoms. The van der Waals surface area contributed by atoms with E-state index in [1.807, 2.05) is 24.3 Å². The van der Waals surface area contributed by atoms with E-state index in [-0.39, 0.29) is 16.7 Å². The third-order valence-corrected chi connectivity index (χ3v) is 4.29.